The minimum Gasteiger partial charge on any atom is -0.494 e. The molecule has 0 aliphatic rings. The van der Waals surface area contributed by atoms with Gasteiger partial charge in [-0.25, -0.2) is 23.1 Å². The van der Waals surface area contributed by atoms with Crippen molar-refractivity contribution in [3.63, 3.8) is 0 Å². The Bertz CT molecular complexity index is 1000. The maximum atomic E-state index is 12.4. The summed E-state index contributed by atoms with van der Waals surface area (Å²) >= 11 is 0. The van der Waals surface area contributed by atoms with Crippen LogP contribution in [-0.2, 0) is 10.0 Å². The number of anilines is 1. The summed E-state index contributed by atoms with van der Waals surface area (Å²) in [6.45, 7) is 4.83. The van der Waals surface area contributed by atoms with E-state index >= 15 is 0 Å². The van der Waals surface area contributed by atoms with E-state index in [0.29, 0.717) is 30.5 Å². The molecule has 0 aliphatic carbocycles. The molecule has 3 aromatic rings. The Kier molecular flexibility index (Phi) is 6.27. The summed E-state index contributed by atoms with van der Waals surface area (Å²) < 4.78 is 34.5. The van der Waals surface area contributed by atoms with Crippen LogP contribution >= 0.6 is 0 Å². The molecule has 148 valence electrons. The van der Waals surface area contributed by atoms with E-state index in [1.165, 1.54) is 12.1 Å². The van der Waals surface area contributed by atoms with Crippen LogP contribution in [0.3, 0.4) is 0 Å². The third kappa shape index (κ3) is 5.08. The number of sulfonamides is 1. The molecule has 0 aliphatic heterocycles. The van der Waals surface area contributed by atoms with Crippen molar-refractivity contribution in [1.82, 2.24) is 19.3 Å². The van der Waals surface area contributed by atoms with Crippen molar-refractivity contribution in [2.75, 3.05) is 25.0 Å². The van der Waals surface area contributed by atoms with Gasteiger partial charge >= 0.3 is 0 Å². The lowest BCUT2D eigenvalue weighted by molar-refractivity contribution is 0.340. The van der Waals surface area contributed by atoms with E-state index in [1.807, 2.05) is 49.0 Å². The number of hydrogen-bond acceptors (Lipinski definition) is 6. The topological polar surface area (TPSA) is 98.1 Å². The molecule has 28 heavy (non-hydrogen) atoms. The first-order valence-corrected chi connectivity index (χ1v) is 10.4. The maximum absolute atomic E-state index is 12.4. The molecule has 0 amide bonds. The second kappa shape index (κ2) is 8.85. The van der Waals surface area contributed by atoms with E-state index in [9.17, 15) is 8.42 Å². The Morgan fingerprint density at radius 3 is 2.46 bits per heavy atom. The molecule has 2 heterocycles. The SMILES string of the molecule is CCOc1ccc(S(=O)(=O)NCCNc2cc(-n3cccc3)nc(C)n2)cc1. The molecule has 3 rings (SSSR count). The second-order valence-electron chi connectivity index (χ2n) is 5.98. The molecule has 2 N–H and O–H groups in total. The average Bonchev–Trinajstić information content (AvgIpc) is 3.21. The van der Waals surface area contributed by atoms with Gasteiger partial charge in [0.15, 0.2) is 0 Å². The van der Waals surface area contributed by atoms with Crippen LogP contribution in [0.4, 0.5) is 5.82 Å². The normalized spacial score (nSPS) is 11.4. The molecule has 0 fully saturated rings. The minimum atomic E-state index is -3.58. The highest BCUT2D eigenvalue weighted by atomic mass is 32.2. The molecule has 0 saturated carbocycles. The zero-order valence-corrected chi connectivity index (χ0v) is 16.6. The van der Waals surface area contributed by atoms with Gasteiger partial charge < -0.3 is 14.6 Å². The number of nitrogens with zero attached hydrogens (tertiary/aromatic N) is 3. The summed E-state index contributed by atoms with van der Waals surface area (Å²) in [4.78, 5) is 8.93. The summed E-state index contributed by atoms with van der Waals surface area (Å²) in [5.41, 5.74) is 0. The van der Waals surface area contributed by atoms with E-state index in [-0.39, 0.29) is 11.4 Å². The number of benzene rings is 1. The van der Waals surface area contributed by atoms with E-state index in [4.69, 9.17) is 4.74 Å². The van der Waals surface area contributed by atoms with Crippen LogP contribution in [-0.4, -0.2) is 42.6 Å². The standard InChI is InChI=1S/C19H23N5O3S/c1-3-27-16-6-8-17(9-7-16)28(25,26)21-11-10-20-18-14-19(23-15(2)22-18)24-12-4-5-13-24/h4-9,12-14,21H,3,10-11H2,1-2H3,(H,20,22,23). The third-order valence-electron chi connectivity index (χ3n) is 3.86. The quantitative estimate of drug-likeness (QED) is 0.534. The van der Waals surface area contributed by atoms with Crippen molar-refractivity contribution in [2.45, 2.75) is 18.7 Å². The lowest BCUT2D eigenvalue weighted by Crippen LogP contribution is -2.29. The first kappa shape index (κ1) is 19.8. The Morgan fingerprint density at radius 2 is 1.79 bits per heavy atom. The van der Waals surface area contributed by atoms with E-state index in [1.54, 1.807) is 12.1 Å². The lowest BCUT2D eigenvalue weighted by atomic mass is 10.3. The molecule has 0 saturated heterocycles. The zero-order chi connectivity index (χ0) is 20.0. The number of ether oxygens (including phenoxy) is 1. The summed E-state index contributed by atoms with van der Waals surface area (Å²) in [5.74, 6) is 2.65. The second-order valence-corrected chi connectivity index (χ2v) is 7.74. The number of nitrogens with one attached hydrogen (secondary N) is 2. The van der Waals surface area contributed by atoms with Crippen LogP contribution in [0, 0.1) is 6.92 Å². The maximum Gasteiger partial charge on any atom is 0.240 e. The van der Waals surface area contributed by atoms with Crippen LogP contribution in [0.2, 0.25) is 0 Å². The van der Waals surface area contributed by atoms with Crippen LogP contribution in [0.5, 0.6) is 5.75 Å². The van der Waals surface area contributed by atoms with Gasteiger partial charge in [0.2, 0.25) is 10.0 Å². The van der Waals surface area contributed by atoms with Crippen molar-refractivity contribution < 1.29 is 13.2 Å². The van der Waals surface area contributed by atoms with Crippen molar-refractivity contribution in [1.29, 1.82) is 0 Å². The van der Waals surface area contributed by atoms with Gasteiger partial charge in [-0.15, -0.1) is 0 Å². The van der Waals surface area contributed by atoms with E-state index in [0.717, 1.165) is 5.82 Å². The minimum absolute atomic E-state index is 0.198. The highest BCUT2D eigenvalue weighted by molar-refractivity contribution is 7.89. The molecule has 8 nitrogen and oxygen atoms in total. The summed E-state index contributed by atoms with van der Waals surface area (Å²) in [6, 6.07) is 12.0. The van der Waals surface area contributed by atoms with Gasteiger partial charge in [-0.1, -0.05) is 0 Å². The molecule has 0 spiro atoms. The fourth-order valence-electron chi connectivity index (χ4n) is 2.60. The predicted molar refractivity (Wildman–Crippen MR) is 107 cm³/mol. The Morgan fingerprint density at radius 1 is 1.07 bits per heavy atom. The molecule has 9 heteroatoms. The summed E-state index contributed by atoms with van der Waals surface area (Å²) in [5, 5.41) is 3.13. The molecule has 2 aromatic heterocycles. The number of rotatable bonds is 9. The van der Waals surface area contributed by atoms with Gasteiger partial charge in [0.1, 0.15) is 23.2 Å². The third-order valence-corrected chi connectivity index (χ3v) is 5.34. The van der Waals surface area contributed by atoms with Crippen LogP contribution in [0.15, 0.2) is 59.8 Å². The Balaban J connectivity index is 1.56. The molecule has 0 bridgehead atoms. The fraction of sp³-hybridized carbons (Fsp3) is 0.263. The molecular weight excluding hydrogens is 378 g/mol. The molecular formula is C19H23N5O3S. The van der Waals surface area contributed by atoms with Gasteiger partial charge in [0.05, 0.1) is 11.5 Å². The average molecular weight is 401 g/mol. The molecule has 1 aromatic carbocycles. The van der Waals surface area contributed by atoms with Crippen molar-refractivity contribution in [3.8, 4) is 11.6 Å². The Hall–Kier alpha value is -2.91. The highest BCUT2D eigenvalue weighted by Gasteiger charge is 2.13. The number of aromatic nitrogens is 3. The summed E-state index contributed by atoms with van der Waals surface area (Å²) in [7, 11) is -3.58. The number of aryl methyl sites for hydroxylation is 1. The van der Waals surface area contributed by atoms with Crippen LogP contribution in [0.25, 0.3) is 5.82 Å². The van der Waals surface area contributed by atoms with Crippen LogP contribution < -0.4 is 14.8 Å². The first-order chi connectivity index (χ1) is 13.5. The van der Waals surface area contributed by atoms with Gasteiger partial charge in [0, 0.05) is 31.5 Å². The highest BCUT2D eigenvalue weighted by Crippen LogP contribution is 2.16. The smallest absolute Gasteiger partial charge is 0.240 e. The van der Waals surface area contributed by atoms with Crippen molar-refractivity contribution in [2.24, 2.45) is 0 Å². The fourth-order valence-corrected chi connectivity index (χ4v) is 3.63. The van der Waals surface area contributed by atoms with Crippen LogP contribution in [0.1, 0.15) is 12.7 Å². The molecule has 0 radical (unpaired) electrons. The van der Waals surface area contributed by atoms with Gasteiger partial charge in [-0.05, 0) is 50.2 Å². The monoisotopic (exact) mass is 401 g/mol. The van der Waals surface area contributed by atoms with Crippen molar-refractivity contribution >= 4 is 15.8 Å². The van der Waals surface area contributed by atoms with Gasteiger partial charge in [-0.3, -0.25) is 0 Å². The lowest BCUT2D eigenvalue weighted by Gasteiger charge is -2.11. The molecule has 0 unspecified atom stereocenters. The zero-order valence-electron chi connectivity index (χ0n) is 15.8. The first-order valence-electron chi connectivity index (χ1n) is 8.93. The van der Waals surface area contributed by atoms with Gasteiger partial charge in [0.25, 0.3) is 0 Å². The van der Waals surface area contributed by atoms with E-state index < -0.39 is 10.0 Å². The summed E-state index contributed by atoms with van der Waals surface area (Å²) in [6.07, 6.45) is 3.80. The Labute approximate surface area is 164 Å². The van der Waals surface area contributed by atoms with E-state index in [2.05, 4.69) is 20.0 Å². The number of hydrogen-bond donors (Lipinski definition) is 2. The van der Waals surface area contributed by atoms with Crippen molar-refractivity contribution in [3.05, 3.63) is 60.7 Å². The largest absolute Gasteiger partial charge is 0.494 e. The molecule has 0 atom stereocenters. The van der Waals surface area contributed by atoms with Gasteiger partial charge in [-0.2, -0.15) is 0 Å². The predicted octanol–water partition coefficient (Wildman–Crippen LogP) is 2.36.